The highest BCUT2D eigenvalue weighted by Crippen LogP contribution is 2.44. The zero-order valence-corrected chi connectivity index (χ0v) is 14.8. The molecular weight excluding hydrogens is 331 g/mol. The molecule has 0 aromatic heterocycles. The van der Waals surface area contributed by atoms with E-state index >= 15 is 0 Å². The van der Waals surface area contributed by atoms with E-state index in [1.54, 1.807) is 11.4 Å². The average molecular weight is 356 g/mol. The Morgan fingerprint density at radius 2 is 1.96 bits per heavy atom. The van der Waals surface area contributed by atoms with Gasteiger partial charge in [0.2, 0.25) is 10.0 Å². The molecule has 3 rings (SSSR count). The molecule has 2 fully saturated rings. The number of hydrogen-bond donors (Lipinski definition) is 1. The molecule has 2 aliphatic rings. The van der Waals surface area contributed by atoms with Gasteiger partial charge in [0, 0.05) is 26.1 Å². The SMILES string of the molecule is COCC1CN(S(=O)(=O)Cc2ccc(F)cc2)CC12CCNCC2. The normalized spacial score (nSPS) is 24.5. The number of nitrogens with zero attached hydrogens (tertiary/aromatic N) is 1. The second-order valence-corrected chi connectivity index (χ2v) is 8.91. The van der Waals surface area contributed by atoms with Crippen LogP contribution in [0.2, 0.25) is 0 Å². The fourth-order valence-electron chi connectivity index (χ4n) is 4.00. The number of rotatable bonds is 5. The molecule has 0 bridgehead atoms. The number of methoxy groups -OCH3 is 1. The van der Waals surface area contributed by atoms with Crippen LogP contribution in [0.25, 0.3) is 0 Å². The summed E-state index contributed by atoms with van der Waals surface area (Å²) >= 11 is 0. The molecule has 7 heteroatoms. The summed E-state index contributed by atoms with van der Waals surface area (Å²) in [5.41, 5.74) is 0.628. The van der Waals surface area contributed by atoms with Crippen molar-refractivity contribution in [3.63, 3.8) is 0 Å². The summed E-state index contributed by atoms with van der Waals surface area (Å²) in [5, 5.41) is 3.35. The van der Waals surface area contributed by atoms with E-state index in [1.165, 1.54) is 24.3 Å². The van der Waals surface area contributed by atoms with Gasteiger partial charge < -0.3 is 10.1 Å². The molecule has 2 saturated heterocycles. The van der Waals surface area contributed by atoms with Gasteiger partial charge in [-0.05, 0) is 49.0 Å². The highest BCUT2D eigenvalue weighted by molar-refractivity contribution is 7.88. The Morgan fingerprint density at radius 3 is 2.58 bits per heavy atom. The second kappa shape index (κ2) is 7.07. The van der Waals surface area contributed by atoms with Crippen LogP contribution in [0.4, 0.5) is 4.39 Å². The zero-order chi connectivity index (χ0) is 17.2. The van der Waals surface area contributed by atoms with Crippen LogP contribution in [0.3, 0.4) is 0 Å². The Hall–Kier alpha value is -1.02. The van der Waals surface area contributed by atoms with Crippen molar-refractivity contribution in [1.29, 1.82) is 0 Å². The van der Waals surface area contributed by atoms with E-state index in [9.17, 15) is 12.8 Å². The van der Waals surface area contributed by atoms with Gasteiger partial charge in [0.1, 0.15) is 5.82 Å². The van der Waals surface area contributed by atoms with E-state index in [2.05, 4.69) is 5.32 Å². The third-order valence-corrected chi connectivity index (χ3v) is 7.17. The molecule has 1 spiro atoms. The minimum Gasteiger partial charge on any atom is -0.384 e. The summed E-state index contributed by atoms with van der Waals surface area (Å²) in [6.07, 6.45) is 1.95. The van der Waals surface area contributed by atoms with Crippen LogP contribution >= 0.6 is 0 Å². The quantitative estimate of drug-likeness (QED) is 0.871. The van der Waals surface area contributed by atoms with Gasteiger partial charge in [0.05, 0.1) is 12.4 Å². The highest BCUT2D eigenvalue weighted by atomic mass is 32.2. The maximum Gasteiger partial charge on any atom is 0.218 e. The second-order valence-electron chi connectivity index (χ2n) is 6.94. The summed E-state index contributed by atoms with van der Waals surface area (Å²) < 4.78 is 45.7. The van der Waals surface area contributed by atoms with Gasteiger partial charge in [-0.3, -0.25) is 0 Å². The fraction of sp³-hybridized carbons (Fsp3) is 0.647. The molecule has 1 atom stereocenters. The van der Waals surface area contributed by atoms with Gasteiger partial charge in [0.15, 0.2) is 0 Å². The summed E-state index contributed by atoms with van der Waals surface area (Å²) in [5.74, 6) is -0.208. The van der Waals surface area contributed by atoms with E-state index in [1.807, 2.05) is 0 Å². The molecule has 24 heavy (non-hydrogen) atoms. The van der Waals surface area contributed by atoms with Gasteiger partial charge in [-0.2, -0.15) is 0 Å². The predicted octanol–water partition coefficient (Wildman–Crippen LogP) is 1.60. The van der Waals surface area contributed by atoms with Crippen LogP contribution in [0.5, 0.6) is 0 Å². The highest BCUT2D eigenvalue weighted by Gasteiger charge is 2.49. The molecule has 1 unspecified atom stereocenters. The monoisotopic (exact) mass is 356 g/mol. The van der Waals surface area contributed by atoms with Crippen LogP contribution < -0.4 is 5.32 Å². The lowest BCUT2D eigenvalue weighted by Gasteiger charge is -2.38. The first kappa shape index (κ1) is 17.8. The summed E-state index contributed by atoms with van der Waals surface area (Å²) in [4.78, 5) is 0. The van der Waals surface area contributed by atoms with Crippen molar-refractivity contribution in [3.8, 4) is 0 Å². The third kappa shape index (κ3) is 3.64. The Kier molecular flexibility index (Phi) is 5.24. The van der Waals surface area contributed by atoms with Gasteiger partial charge in [-0.15, -0.1) is 0 Å². The number of ether oxygens (including phenoxy) is 1. The lowest BCUT2D eigenvalue weighted by atomic mass is 9.71. The smallest absolute Gasteiger partial charge is 0.218 e. The molecule has 5 nitrogen and oxygen atoms in total. The molecule has 2 aliphatic heterocycles. The van der Waals surface area contributed by atoms with Crippen molar-refractivity contribution < 1.29 is 17.5 Å². The van der Waals surface area contributed by atoms with Crippen molar-refractivity contribution in [2.24, 2.45) is 11.3 Å². The van der Waals surface area contributed by atoms with Crippen molar-refractivity contribution in [3.05, 3.63) is 35.6 Å². The van der Waals surface area contributed by atoms with Crippen LogP contribution in [-0.4, -0.2) is 52.6 Å². The molecule has 1 N–H and O–H groups in total. The third-order valence-electron chi connectivity index (χ3n) is 5.40. The van der Waals surface area contributed by atoms with Gasteiger partial charge in [-0.25, -0.2) is 17.1 Å². The Bertz CT molecular complexity index is 657. The van der Waals surface area contributed by atoms with Crippen LogP contribution in [0.15, 0.2) is 24.3 Å². The van der Waals surface area contributed by atoms with E-state index in [0.29, 0.717) is 25.3 Å². The Morgan fingerprint density at radius 1 is 1.29 bits per heavy atom. The minimum atomic E-state index is -3.42. The van der Waals surface area contributed by atoms with Crippen molar-refractivity contribution >= 4 is 10.0 Å². The molecule has 1 aromatic carbocycles. The summed E-state index contributed by atoms with van der Waals surface area (Å²) in [6.45, 7) is 3.50. The predicted molar refractivity (Wildman–Crippen MR) is 90.5 cm³/mol. The van der Waals surface area contributed by atoms with Gasteiger partial charge >= 0.3 is 0 Å². The molecule has 1 aromatic rings. The maximum atomic E-state index is 13.0. The molecule has 0 saturated carbocycles. The van der Waals surface area contributed by atoms with Crippen molar-refractivity contribution in [1.82, 2.24) is 9.62 Å². The van der Waals surface area contributed by atoms with Crippen LogP contribution in [0, 0.1) is 17.2 Å². The topological polar surface area (TPSA) is 58.6 Å². The first-order valence-corrected chi connectivity index (χ1v) is 9.98. The maximum absolute atomic E-state index is 13.0. The van der Waals surface area contributed by atoms with E-state index in [-0.39, 0.29) is 22.9 Å². The molecule has 0 amide bonds. The molecule has 0 aliphatic carbocycles. The number of hydrogen-bond acceptors (Lipinski definition) is 4. The van der Waals surface area contributed by atoms with E-state index in [4.69, 9.17) is 4.74 Å². The number of sulfonamides is 1. The van der Waals surface area contributed by atoms with Gasteiger partial charge in [-0.1, -0.05) is 12.1 Å². The first-order valence-electron chi connectivity index (χ1n) is 8.37. The lowest BCUT2D eigenvalue weighted by Crippen LogP contribution is -2.43. The van der Waals surface area contributed by atoms with Crippen LogP contribution in [-0.2, 0) is 20.5 Å². The number of halogens is 1. The van der Waals surface area contributed by atoms with Crippen molar-refractivity contribution in [2.75, 3.05) is 39.9 Å². The molecule has 0 radical (unpaired) electrons. The average Bonchev–Trinajstić information content (AvgIpc) is 2.90. The van der Waals surface area contributed by atoms with E-state index < -0.39 is 10.0 Å². The molecule has 2 heterocycles. The fourth-order valence-corrected chi connectivity index (χ4v) is 5.66. The molecule has 134 valence electrons. The number of benzene rings is 1. The molecular formula is C17H25FN2O3S. The van der Waals surface area contributed by atoms with Crippen LogP contribution in [0.1, 0.15) is 18.4 Å². The lowest BCUT2D eigenvalue weighted by molar-refractivity contribution is 0.0718. The number of piperidine rings is 1. The minimum absolute atomic E-state index is 0.0110. The zero-order valence-electron chi connectivity index (χ0n) is 14.0. The Balaban J connectivity index is 1.77. The van der Waals surface area contributed by atoms with E-state index in [0.717, 1.165) is 25.9 Å². The first-order chi connectivity index (χ1) is 11.5. The summed E-state index contributed by atoms with van der Waals surface area (Å²) in [7, 11) is -1.75. The van der Waals surface area contributed by atoms with Gasteiger partial charge in [0.25, 0.3) is 0 Å². The Labute approximate surface area is 143 Å². The van der Waals surface area contributed by atoms with Crippen molar-refractivity contribution in [2.45, 2.75) is 18.6 Å². The number of nitrogens with one attached hydrogen (secondary N) is 1. The largest absolute Gasteiger partial charge is 0.384 e. The summed E-state index contributed by atoms with van der Waals surface area (Å²) in [6, 6.07) is 5.68. The standard InChI is InChI=1S/C17H25FN2O3S/c1-23-11-15-10-20(13-17(15)6-8-19-9-7-17)24(21,22)12-14-2-4-16(18)5-3-14/h2-5,15,19H,6-13H2,1H3.